The third kappa shape index (κ3) is 4.29. The molecular weight excluding hydrogens is 348 g/mol. The summed E-state index contributed by atoms with van der Waals surface area (Å²) in [5.74, 6) is 0.804. The highest BCUT2D eigenvalue weighted by atomic mass is 16.5. The number of anilines is 1. The van der Waals surface area contributed by atoms with E-state index in [4.69, 9.17) is 9.47 Å². The number of aromatic nitrogens is 2. The van der Waals surface area contributed by atoms with E-state index in [2.05, 4.69) is 15.5 Å². The highest BCUT2D eigenvalue weighted by Gasteiger charge is 2.16. The van der Waals surface area contributed by atoms with Gasteiger partial charge >= 0.3 is 0 Å². The first-order valence-corrected chi connectivity index (χ1v) is 8.42. The van der Waals surface area contributed by atoms with Crippen LogP contribution in [0.4, 0.5) is 5.69 Å². The maximum Gasteiger partial charge on any atom is 0.276 e. The zero-order valence-electron chi connectivity index (χ0n) is 15.4. The molecule has 0 aliphatic carbocycles. The Labute approximate surface area is 156 Å². The molecule has 0 atom stereocenters. The molecule has 1 heterocycles. The monoisotopic (exact) mass is 370 g/mol. The summed E-state index contributed by atoms with van der Waals surface area (Å²) in [6.45, 7) is 1.24. The van der Waals surface area contributed by atoms with Crippen LogP contribution in [0.1, 0.15) is 10.5 Å². The van der Waals surface area contributed by atoms with E-state index in [1.54, 1.807) is 31.4 Å². The van der Waals surface area contributed by atoms with Crippen molar-refractivity contribution in [3.05, 3.63) is 42.1 Å². The first-order chi connectivity index (χ1) is 13.0. The summed E-state index contributed by atoms with van der Waals surface area (Å²) >= 11 is 0. The fourth-order valence-corrected chi connectivity index (χ4v) is 2.57. The van der Waals surface area contributed by atoms with E-state index < -0.39 is 5.91 Å². The molecule has 0 bridgehead atoms. The number of H-pyrrole nitrogens is 1. The van der Waals surface area contributed by atoms with Gasteiger partial charge in [0.05, 0.1) is 12.6 Å². The van der Waals surface area contributed by atoms with Crippen LogP contribution in [0.25, 0.3) is 10.9 Å². The van der Waals surface area contributed by atoms with Crippen LogP contribution >= 0.6 is 0 Å². The molecule has 0 radical (unpaired) electrons. The average Bonchev–Trinajstić information content (AvgIpc) is 3.04. The second kappa shape index (κ2) is 7.96. The first kappa shape index (κ1) is 18.5. The van der Waals surface area contributed by atoms with Crippen molar-refractivity contribution in [3.63, 3.8) is 0 Å². The fraction of sp³-hybridized carbons (Fsp3) is 0.263. The number of nitrogens with zero attached hydrogens (tertiary/aromatic N) is 2. The molecule has 8 heteroatoms. The number of nitrogens with one attached hydrogen (secondary N) is 2. The van der Waals surface area contributed by atoms with Gasteiger partial charge in [-0.3, -0.25) is 9.89 Å². The van der Waals surface area contributed by atoms with Gasteiger partial charge in [0.25, 0.3) is 5.91 Å². The number of hydrogen-bond donors (Lipinski definition) is 3. The minimum absolute atomic E-state index is 0.0685. The number of rotatable bonds is 7. The molecular formula is C19H22N4O4. The lowest BCUT2D eigenvalue weighted by Crippen LogP contribution is -2.19. The van der Waals surface area contributed by atoms with Crippen molar-refractivity contribution in [2.24, 2.45) is 0 Å². The van der Waals surface area contributed by atoms with Gasteiger partial charge in [-0.2, -0.15) is 5.10 Å². The average molecular weight is 370 g/mol. The lowest BCUT2D eigenvalue weighted by atomic mass is 10.2. The van der Waals surface area contributed by atoms with Crippen LogP contribution in [0.3, 0.4) is 0 Å². The van der Waals surface area contributed by atoms with Gasteiger partial charge in [0, 0.05) is 23.7 Å². The Kier molecular flexibility index (Phi) is 5.46. The number of phenolic OH excluding ortho intramolecular Hbond substituents is 1. The zero-order chi connectivity index (χ0) is 19.4. The molecule has 3 rings (SSSR count). The number of aromatic amines is 1. The number of aromatic hydroxyl groups is 1. The van der Waals surface area contributed by atoms with Crippen LogP contribution in [0.5, 0.6) is 17.2 Å². The summed E-state index contributed by atoms with van der Waals surface area (Å²) in [7, 11) is 5.49. The Morgan fingerprint density at radius 1 is 1.22 bits per heavy atom. The molecule has 2 aromatic carbocycles. The Morgan fingerprint density at radius 2 is 2.04 bits per heavy atom. The first-order valence-electron chi connectivity index (χ1n) is 8.42. The standard InChI is InChI=1S/C19H22N4O4/c1-23(2)8-9-27-17-10-12(4-7-16(17)26-3)20-19(25)18-14-11-13(24)5-6-15(14)21-22-18/h4-7,10-11,24H,8-9H2,1-3H3,(H,20,25)(H,21,22). The van der Waals surface area contributed by atoms with Gasteiger partial charge in [-0.15, -0.1) is 0 Å². The predicted octanol–water partition coefficient (Wildman–Crippen LogP) is 2.47. The third-order valence-electron chi connectivity index (χ3n) is 3.98. The summed E-state index contributed by atoms with van der Waals surface area (Å²) in [5, 5.41) is 19.8. The highest BCUT2D eigenvalue weighted by Crippen LogP contribution is 2.30. The normalized spacial score (nSPS) is 11.0. The number of carbonyl (C=O) groups is 1. The second-order valence-corrected chi connectivity index (χ2v) is 6.27. The summed E-state index contributed by atoms with van der Waals surface area (Å²) < 4.78 is 11.1. The molecule has 0 unspecified atom stereocenters. The maximum atomic E-state index is 12.6. The van der Waals surface area contributed by atoms with E-state index >= 15 is 0 Å². The Morgan fingerprint density at radius 3 is 2.78 bits per heavy atom. The lowest BCUT2D eigenvalue weighted by molar-refractivity contribution is 0.102. The van der Waals surface area contributed by atoms with Gasteiger partial charge in [-0.1, -0.05) is 0 Å². The smallest absolute Gasteiger partial charge is 0.276 e. The molecule has 27 heavy (non-hydrogen) atoms. The Hall–Kier alpha value is -3.26. The SMILES string of the molecule is COc1ccc(NC(=O)c2n[nH]c3ccc(O)cc23)cc1OCCN(C)C. The van der Waals surface area contributed by atoms with Crippen LogP contribution in [0.2, 0.25) is 0 Å². The van der Waals surface area contributed by atoms with Crippen LogP contribution in [0, 0.1) is 0 Å². The van der Waals surface area contributed by atoms with E-state index in [0.717, 1.165) is 6.54 Å². The molecule has 3 N–H and O–H groups in total. The summed E-state index contributed by atoms with van der Waals surface area (Å²) in [5.41, 5.74) is 1.42. The number of amides is 1. The molecule has 0 fully saturated rings. The van der Waals surface area contributed by atoms with Crippen LogP contribution in [0.15, 0.2) is 36.4 Å². The molecule has 0 aliphatic heterocycles. The summed E-state index contributed by atoms with van der Waals surface area (Å²) in [6.07, 6.45) is 0. The van der Waals surface area contributed by atoms with Crippen molar-refractivity contribution < 1.29 is 19.4 Å². The number of hydrogen-bond acceptors (Lipinski definition) is 6. The van der Waals surface area contributed by atoms with Gasteiger partial charge in [-0.25, -0.2) is 0 Å². The molecule has 3 aromatic rings. The van der Waals surface area contributed by atoms with E-state index in [0.29, 0.717) is 34.7 Å². The molecule has 0 spiro atoms. The van der Waals surface area contributed by atoms with Crippen molar-refractivity contribution >= 4 is 22.5 Å². The lowest BCUT2D eigenvalue weighted by Gasteiger charge is -2.14. The third-order valence-corrected chi connectivity index (χ3v) is 3.98. The van der Waals surface area contributed by atoms with Crippen LogP contribution < -0.4 is 14.8 Å². The van der Waals surface area contributed by atoms with Gasteiger partial charge in [0.15, 0.2) is 17.2 Å². The highest BCUT2D eigenvalue weighted by molar-refractivity contribution is 6.11. The summed E-state index contributed by atoms with van der Waals surface area (Å²) in [4.78, 5) is 14.6. The maximum absolute atomic E-state index is 12.6. The Balaban J connectivity index is 1.79. The van der Waals surface area contributed by atoms with Gasteiger partial charge < -0.3 is 24.8 Å². The van der Waals surface area contributed by atoms with Crippen molar-refractivity contribution in [1.29, 1.82) is 0 Å². The molecule has 8 nitrogen and oxygen atoms in total. The zero-order valence-corrected chi connectivity index (χ0v) is 15.4. The summed E-state index contributed by atoms with van der Waals surface area (Å²) in [6, 6.07) is 9.86. The second-order valence-electron chi connectivity index (χ2n) is 6.27. The molecule has 0 saturated heterocycles. The molecule has 0 aliphatic rings. The predicted molar refractivity (Wildman–Crippen MR) is 103 cm³/mol. The molecule has 142 valence electrons. The van der Waals surface area contributed by atoms with Crippen molar-refractivity contribution in [3.8, 4) is 17.2 Å². The van der Waals surface area contributed by atoms with Crippen LogP contribution in [-0.2, 0) is 0 Å². The van der Waals surface area contributed by atoms with Gasteiger partial charge in [-0.05, 0) is 44.4 Å². The van der Waals surface area contributed by atoms with E-state index in [-0.39, 0.29) is 11.4 Å². The number of likely N-dealkylation sites (N-methyl/N-ethyl adjacent to an activating group) is 1. The van der Waals surface area contributed by atoms with E-state index in [1.165, 1.54) is 12.1 Å². The Bertz CT molecular complexity index is 952. The van der Waals surface area contributed by atoms with Crippen molar-refractivity contribution in [1.82, 2.24) is 15.1 Å². The number of carbonyl (C=O) groups excluding carboxylic acids is 1. The number of phenols is 1. The minimum Gasteiger partial charge on any atom is -0.508 e. The number of fused-ring (bicyclic) bond motifs is 1. The molecule has 0 saturated carbocycles. The number of benzene rings is 2. The molecule has 1 aromatic heterocycles. The van der Waals surface area contributed by atoms with E-state index in [1.807, 2.05) is 19.0 Å². The van der Waals surface area contributed by atoms with Crippen molar-refractivity contribution in [2.45, 2.75) is 0 Å². The minimum atomic E-state index is -0.392. The number of methoxy groups -OCH3 is 1. The van der Waals surface area contributed by atoms with Crippen LogP contribution in [-0.4, -0.2) is 60.5 Å². The number of ether oxygens (including phenoxy) is 2. The molecule has 1 amide bonds. The fourth-order valence-electron chi connectivity index (χ4n) is 2.57. The quantitative estimate of drug-likeness (QED) is 0.591. The largest absolute Gasteiger partial charge is 0.508 e. The van der Waals surface area contributed by atoms with E-state index in [9.17, 15) is 9.90 Å². The van der Waals surface area contributed by atoms with Gasteiger partial charge in [0.1, 0.15) is 12.4 Å². The topological polar surface area (TPSA) is 99.7 Å². The van der Waals surface area contributed by atoms with Crippen molar-refractivity contribution in [2.75, 3.05) is 39.7 Å². The van der Waals surface area contributed by atoms with Gasteiger partial charge in [0.2, 0.25) is 0 Å².